The van der Waals surface area contributed by atoms with Crippen molar-refractivity contribution in [1.82, 2.24) is 15.0 Å². The summed E-state index contributed by atoms with van der Waals surface area (Å²) in [5.74, 6) is 2.74. The van der Waals surface area contributed by atoms with E-state index >= 15 is 0 Å². The molecular formula is C24H26N4O3. The molecule has 4 rings (SSSR count). The van der Waals surface area contributed by atoms with Gasteiger partial charge in [-0.1, -0.05) is 17.3 Å². The molecule has 0 spiro atoms. The molecule has 3 aromatic heterocycles. The van der Waals surface area contributed by atoms with Gasteiger partial charge < -0.3 is 18.6 Å². The quantitative estimate of drug-likeness (QED) is 0.278. The highest BCUT2D eigenvalue weighted by Gasteiger charge is 2.14. The second-order valence-corrected chi connectivity index (χ2v) is 7.58. The minimum absolute atomic E-state index is 0.518. The second kappa shape index (κ2) is 9.57. The van der Waals surface area contributed by atoms with E-state index in [1.54, 1.807) is 18.5 Å². The molecule has 160 valence electrons. The van der Waals surface area contributed by atoms with E-state index in [1.165, 1.54) is 5.56 Å². The smallest absolute Gasteiger partial charge is 0.195 e. The molecule has 3 heterocycles. The van der Waals surface area contributed by atoms with E-state index < -0.39 is 0 Å². The Hall–Kier alpha value is -3.45. The molecule has 1 aromatic carbocycles. The number of fused-ring (bicyclic) bond motifs is 1. The largest absolute Gasteiger partial charge is 0.493 e. The van der Waals surface area contributed by atoms with Gasteiger partial charge in [-0.25, -0.2) is 4.99 Å². The summed E-state index contributed by atoms with van der Waals surface area (Å²) < 4.78 is 17.1. The zero-order valence-electron chi connectivity index (χ0n) is 18.0. The lowest BCUT2D eigenvalue weighted by Gasteiger charge is -2.16. The summed E-state index contributed by atoms with van der Waals surface area (Å²) in [5, 5.41) is 4.85. The summed E-state index contributed by atoms with van der Waals surface area (Å²) >= 11 is 0. The van der Waals surface area contributed by atoms with Gasteiger partial charge >= 0.3 is 0 Å². The molecule has 4 aromatic rings. The van der Waals surface area contributed by atoms with Gasteiger partial charge in [0.25, 0.3) is 0 Å². The van der Waals surface area contributed by atoms with Gasteiger partial charge in [0.2, 0.25) is 0 Å². The number of nitrogens with zero attached hydrogens (tertiary/aromatic N) is 4. The number of aromatic nitrogens is 2. The molecule has 0 bridgehead atoms. The van der Waals surface area contributed by atoms with Gasteiger partial charge in [0.05, 0.1) is 18.2 Å². The predicted molar refractivity (Wildman–Crippen MR) is 120 cm³/mol. The monoisotopic (exact) mass is 418 g/mol. The standard InChI is InChI=1S/C24H26N4O3/c1-17-13-23(27-31-17)26-15-22-18(2)24-20(8-4-9-21(24)30-22)29-12-6-11-28(3)16-19-7-5-10-25-14-19/h4-5,7-10,13-15H,6,11-12,16H2,1-3H3/b26-15-. The number of rotatable bonds is 9. The van der Waals surface area contributed by atoms with Gasteiger partial charge in [-0.3, -0.25) is 4.98 Å². The Morgan fingerprint density at radius 2 is 2.10 bits per heavy atom. The van der Waals surface area contributed by atoms with Crippen molar-refractivity contribution in [3.8, 4) is 5.75 Å². The van der Waals surface area contributed by atoms with Crippen LogP contribution in [0.15, 0.2) is 62.7 Å². The van der Waals surface area contributed by atoms with Crippen LogP contribution in [0.3, 0.4) is 0 Å². The summed E-state index contributed by atoms with van der Waals surface area (Å²) in [6, 6.07) is 11.7. The number of benzene rings is 1. The van der Waals surface area contributed by atoms with Crippen LogP contribution < -0.4 is 4.74 Å². The van der Waals surface area contributed by atoms with Crippen LogP contribution >= 0.6 is 0 Å². The molecule has 0 N–H and O–H groups in total. The van der Waals surface area contributed by atoms with Crippen LogP contribution in [-0.2, 0) is 6.54 Å². The molecule has 0 aliphatic rings. The number of ether oxygens (including phenoxy) is 1. The van der Waals surface area contributed by atoms with E-state index in [4.69, 9.17) is 13.7 Å². The minimum atomic E-state index is 0.518. The van der Waals surface area contributed by atoms with Crippen LogP contribution in [0.1, 0.15) is 29.1 Å². The fourth-order valence-electron chi connectivity index (χ4n) is 3.47. The van der Waals surface area contributed by atoms with Crippen molar-refractivity contribution in [2.75, 3.05) is 20.2 Å². The van der Waals surface area contributed by atoms with Crippen molar-refractivity contribution >= 4 is 23.0 Å². The second-order valence-electron chi connectivity index (χ2n) is 7.58. The highest BCUT2D eigenvalue weighted by molar-refractivity contribution is 5.95. The molecule has 31 heavy (non-hydrogen) atoms. The van der Waals surface area contributed by atoms with Crippen molar-refractivity contribution in [1.29, 1.82) is 0 Å². The average Bonchev–Trinajstić information content (AvgIpc) is 3.33. The van der Waals surface area contributed by atoms with Crippen molar-refractivity contribution in [3.63, 3.8) is 0 Å². The molecule has 7 heteroatoms. The van der Waals surface area contributed by atoms with Crippen molar-refractivity contribution in [2.24, 2.45) is 4.99 Å². The number of furan rings is 1. The molecule has 0 fully saturated rings. The third-order valence-electron chi connectivity index (χ3n) is 5.00. The van der Waals surface area contributed by atoms with Gasteiger partial charge in [0, 0.05) is 37.1 Å². The maximum Gasteiger partial charge on any atom is 0.195 e. The van der Waals surface area contributed by atoms with Gasteiger partial charge in [-0.05, 0) is 51.1 Å². The van der Waals surface area contributed by atoms with E-state index in [1.807, 2.05) is 44.3 Å². The average molecular weight is 418 g/mol. The highest BCUT2D eigenvalue weighted by atomic mass is 16.5. The van der Waals surface area contributed by atoms with Crippen LogP contribution in [0.2, 0.25) is 0 Å². The Morgan fingerprint density at radius 1 is 1.19 bits per heavy atom. The lowest BCUT2D eigenvalue weighted by Crippen LogP contribution is -2.20. The molecule has 0 aliphatic carbocycles. The van der Waals surface area contributed by atoms with Gasteiger partial charge in [-0.2, -0.15) is 0 Å². The molecule has 0 unspecified atom stereocenters. The first kappa shape index (κ1) is 20.8. The molecule has 0 atom stereocenters. The van der Waals surface area contributed by atoms with Crippen molar-refractivity contribution in [3.05, 3.63) is 71.4 Å². The van der Waals surface area contributed by atoms with Crippen LogP contribution in [0.4, 0.5) is 5.82 Å². The third-order valence-corrected chi connectivity index (χ3v) is 5.00. The maximum atomic E-state index is 6.11. The van der Waals surface area contributed by atoms with E-state index in [0.29, 0.717) is 18.2 Å². The van der Waals surface area contributed by atoms with Crippen LogP contribution in [0, 0.1) is 13.8 Å². The number of hydrogen-bond donors (Lipinski definition) is 0. The normalized spacial score (nSPS) is 11.7. The summed E-state index contributed by atoms with van der Waals surface area (Å²) in [4.78, 5) is 10.8. The Kier molecular flexibility index (Phi) is 6.43. The predicted octanol–water partition coefficient (Wildman–Crippen LogP) is 5.08. The summed E-state index contributed by atoms with van der Waals surface area (Å²) in [7, 11) is 2.11. The Morgan fingerprint density at radius 3 is 2.87 bits per heavy atom. The van der Waals surface area contributed by atoms with Gasteiger partial charge in [-0.15, -0.1) is 0 Å². The molecule has 0 radical (unpaired) electrons. The first-order valence-electron chi connectivity index (χ1n) is 10.3. The number of aryl methyl sites for hydroxylation is 2. The lowest BCUT2D eigenvalue weighted by molar-refractivity contribution is 0.260. The Labute approximate surface area is 181 Å². The zero-order valence-corrected chi connectivity index (χ0v) is 18.0. The van der Waals surface area contributed by atoms with E-state index in [2.05, 4.69) is 33.1 Å². The first-order valence-corrected chi connectivity index (χ1v) is 10.3. The summed E-state index contributed by atoms with van der Waals surface area (Å²) in [6.07, 6.45) is 6.29. The number of pyridine rings is 1. The van der Waals surface area contributed by atoms with Gasteiger partial charge in [0.15, 0.2) is 5.82 Å². The minimum Gasteiger partial charge on any atom is -0.493 e. The molecule has 0 aliphatic heterocycles. The zero-order chi connectivity index (χ0) is 21.6. The summed E-state index contributed by atoms with van der Waals surface area (Å²) in [6.45, 7) is 6.28. The van der Waals surface area contributed by atoms with E-state index in [9.17, 15) is 0 Å². The molecule has 7 nitrogen and oxygen atoms in total. The molecule has 0 saturated carbocycles. The van der Waals surface area contributed by atoms with E-state index in [-0.39, 0.29) is 0 Å². The third kappa shape index (κ3) is 5.19. The molecular weight excluding hydrogens is 392 g/mol. The topological polar surface area (TPSA) is 76.9 Å². The SMILES string of the molecule is Cc1cc(/N=C\c2oc3cccc(OCCCN(C)Cc4cccnc4)c3c2C)no1. The lowest BCUT2D eigenvalue weighted by atomic mass is 10.1. The first-order chi connectivity index (χ1) is 15.1. The van der Waals surface area contributed by atoms with Crippen LogP contribution in [0.5, 0.6) is 5.75 Å². The highest BCUT2D eigenvalue weighted by Crippen LogP contribution is 2.32. The Bertz CT molecular complexity index is 1160. The number of aliphatic imine (C=N–C) groups is 1. The molecule has 0 saturated heterocycles. The van der Waals surface area contributed by atoms with E-state index in [0.717, 1.165) is 47.6 Å². The maximum absolute atomic E-state index is 6.11. The van der Waals surface area contributed by atoms with Crippen LogP contribution in [0.25, 0.3) is 11.0 Å². The van der Waals surface area contributed by atoms with Crippen molar-refractivity contribution < 1.29 is 13.7 Å². The Balaban J connectivity index is 1.37. The van der Waals surface area contributed by atoms with Gasteiger partial charge in [0.1, 0.15) is 22.9 Å². The number of hydrogen-bond acceptors (Lipinski definition) is 7. The van der Waals surface area contributed by atoms with Crippen molar-refractivity contribution in [2.45, 2.75) is 26.8 Å². The fourth-order valence-corrected chi connectivity index (χ4v) is 3.47. The fraction of sp³-hybridized carbons (Fsp3) is 0.292. The van der Waals surface area contributed by atoms with Crippen LogP contribution in [-0.4, -0.2) is 41.5 Å². The summed E-state index contributed by atoms with van der Waals surface area (Å²) in [5.41, 5.74) is 2.98. The molecule has 0 amide bonds.